The summed E-state index contributed by atoms with van der Waals surface area (Å²) < 4.78 is 0. The predicted octanol–water partition coefficient (Wildman–Crippen LogP) is 0.256. The van der Waals surface area contributed by atoms with Crippen molar-refractivity contribution < 1.29 is 15.0 Å². The number of phenolic OH excluding ortho intramolecular Hbond substituents is 1. The molecule has 0 spiro atoms. The van der Waals surface area contributed by atoms with Crippen LogP contribution in [0.5, 0.6) is 5.75 Å². The molecule has 0 fully saturated rings. The van der Waals surface area contributed by atoms with Gasteiger partial charge in [0.05, 0.1) is 11.9 Å². The predicted molar refractivity (Wildman–Crippen MR) is 55.4 cm³/mol. The van der Waals surface area contributed by atoms with E-state index in [2.05, 4.69) is 9.97 Å². The number of H-pyrrole nitrogens is 1. The Kier molecular flexibility index (Phi) is 2.32. The van der Waals surface area contributed by atoms with Crippen molar-refractivity contribution >= 4 is 16.9 Å². The molecule has 6 nitrogen and oxygen atoms in total. The van der Waals surface area contributed by atoms with Crippen LogP contribution >= 0.6 is 0 Å². The van der Waals surface area contributed by atoms with E-state index in [1.807, 2.05) is 0 Å². The van der Waals surface area contributed by atoms with Crippen molar-refractivity contribution in [2.24, 2.45) is 0 Å². The zero-order valence-electron chi connectivity index (χ0n) is 8.10. The van der Waals surface area contributed by atoms with Gasteiger partial charge in [-0.15, -0.1) is 0 Å². The number of aromatic nitrogens is 2. The minimum atomic E-state index is -1.05. The maximum absolute atomic E-state index is 11.2. The van der Waals surface area contributed by atoms with Crippen molar-refractivity contribution in [1.29, 1.82) is 0 Å². The van der Waals surface area contributed by atoms with Gasteiger partial charge >= 0.3 is 11.7 Å². The van der Waals surface area contributed by atoms with E-state index in [1.165, 1.54) is 18.2 Å². The summed E-state index contributed by atoms with van der Waals surface area (Å²) >= 11 is 0. The Balaban J connectivity index is 2.72. The molecule has 2 rings (SSSR count). The molecule has 0 bridgehead atoms. The second-order valence-corrected chi connectivity index (χ2v) is 3.29. The number of aromatic hydroxyl groups is 1. The van der Waals surface area contributed by atoms with Crippen LogP contribution in [0.1, 0.15) is 5.69 Å². The average Bonchev–Trinajstić information content (AvgIpc) is 2.15. The topological polar surface area (TPSA) is 103 Å². The number of fused-ring (bicyclic) bond motifs is 1. The van der Waals surface area contributed by atoms with Crippen LogP contribution in [0.4, 0.5) is 0 Å². The third-order valence-electron chi connectivity index (χ3n) is 2.11. The van der Waals surface area contributed by atoms with Crippen molar-refractivity contribution in [2.45, 2.75) is 6.42 Å². The Labute approximate surface area is 89.2 Å². The number of carboxylic acid groups (broad SMARTS) is 1. The first-order chi connectivity index (χ1) is 7.56. The molecule has 3 N–H and O–H groups in total. The summed E-state index contributed by atoms with van der Waals surface area (Å²) in [5, 5.41) is 18.4. The Morgan fingerprint density at radius 2 is 2.19 bits per heavy atom. The molecule has 1 aromatic carbocycles. The number of carboxylic acids is 1. The van der Waals surface area contributed by atoms with Crippen molar-refractivity contribution in [1.82, 2.24) is 9.97 Å². The zero-order chi connectivity index (χ0) is 11.7. The van der Waals surface area contributed by atoms with Gasteiger partial charge in [0, 0.05) is 17.1 Å². The summed E-state index contributed by atoms with van der Waals surface area (Å²) in [5.74, 6) is -1.07. The van der Waals surface area contributed by atoms with Crippen LogP contribution in [0.3, 0.4) is 0 Å². The van der Waals surface area contributed by atoms with Crippen molar-refractivity contribution in [3.8, 4) is 5.75 Å². The summed E-state index contributed by atoms with van der Waals surface area (Å²) in [4.78, 5) is 27.8. The first-order valence-electron chi connectivity index (χ1n) is 4.50. The molecular weight excluding hydrogens is 212 g/mol. The Morgan fingerprint density at radius 1 is 1.44 bits per heavy atom. The molecule has 0 radical (unpaired) electrons. The van der Waals surface area contributed by atoms with Crippen LogP contribution in [-0.2, 0) is 11.2 Å². The van der Waals surface area contributed by atoms with E-state index in [4.69, 9.17) is 5.11 Å². The Morgan fingerprint density at radius 3 is 2.88 bits per heavy atom. The molecular formula is C10H8N2O4. The van der Waals surface area contributed by atoms with Gasteiger partial charge in [-0.25, -0.2) is 4.79 Å². The number of aliphatic carboxylic acids is 1. The summed E-state index contributed by atoms with van der Waals surface area (Å²) in [5.41, 5.74) is -0.0724. The van der Waals surface area contributed by atoms with Gasteiger partial charge in [0.1, 0.15) is 5.75 Å². The second kappa shape index (κ2) is 3.65. The molecule has 0 atom stereocenters. The number of aromatic amines is 1. The number of nitrogens with zero attached hydrogens (tertiary/aromatic N) is 1. The number of phenols is 1. The summed E-state index contributed by atoms with van der Waals surface area (Å²) in [6.07, 6.45) is -0.293. The highest BCUT2D eigenvalue weighted by molar-refractivity contribution is 5.85. The van der Waals surface area contributed by atoms with Crippen LogP contribution in [0, 0.1) is 0 Å². The summed E-state index contributed by atoms with van der Waals surface area (Å²) in [6, 6.07) is 4.25. The molecule has 0 amide bonds. The fourth-order valence-corrected chi connectivity index (χ4v) is 1.49. The molecule has 0 aliphatic heterocycles. The average molecular weight is 220 g/mol. The van der Waals surface area contributed by atoms with Gasteiger partial charge in [0.15, 0.2) is 0 Å². The molecule has 0 saturated carbocycles. The fourth-order valence-electron chi connectivity index (χ4n) is 1.49. The zero-order valence-corrected chi connectivity index (χ0v) is 8.10. The standard InChI is InChI=1S/C10H8N2O4/c13-5-1-2-6-7(3-5)11-10(16)12-8(6)4-9(14)15/h1-3,13H,4H2,(H,14,15)(H,11,12,16). The van der Waals surface area contributed by atoms with Crippen LogP contribution in [0.15, 0.2) is 23.0 Å². The summed E-state index contributed by atoms with van der Waals surface area (Å²) in [6.45, 7) is 0. The third-order valence-corrected chi connectivity index (χ3v) is 2.11. The van der Waals surface area contributed by atoms with Gasteiger partial charge in [-0.3, -0.25) is 4.79 Å². The summed E-state index contributed by atoms with van der Waals surface area (Å²) in [7, 11) is 0. The maximum Gasteiger partial charge on any atom is 0.345 e. The molecule has 1 heterocycles. The lowest BCUT2D eigenvalue weighted by molar-refractivity contribution is -0.136. The van der Waals surface area contributed by atoms with E-state index in [-0.39, 0.29) is 23.4 Å². The van der Waals surface area contributed by atoms with Gasteiger partial charge in [0.2, 0.25) is 0 Å². The van der Waals surface area contributed by atoms with E-state index in [0.717, 1.165) is 0 Å². The molecule has 0 aliphatic carbocycles. The minimum absolute atomic E-state index is 0.0214. The monoisotopic (exact) mass is 220 g/mol. The number of carbonyl (C=O) groups is 1. The van der Waals surface area contributed by atoms with E-state index in [9.17, 15) is 14.7 Å². The van der Waals surface area contributed by atoms with E-state index in [0.29, 0.717) is 5.39 Å². The largest absolute Gasteiger partial charge is 0.508 e. The fraction of sp³-hybridized carbons (Fsp3) is 0.100. The van der Waals surface area contributed by atoms with Crippen LogP contribution in [0.25, 0.3) is 10.9 Å². The second-order valence-electron chi connectivity index (χ2n) is 3.29. The molecule has 82 valence electrons. The van der Waals surface area contributed by atoms with Gasteiger partial charge in [-0.2, -0.15) is 4.98 Å². The SMILES string of the molecule is O=C(O)Cc1[nH]c(=O)nc2cc(O)ccc12. The lowest BCUT2D eigenvalue weighted by atomic mass is 10.1. The first-order valence-corrected chi connectivity index (χ1v) is 4.50. The smallest absolute Gasteiger partial charge is 0.345 e. The third kappa shape index (κ3) is 1.85. The van der Waals surface area contributed by atoms with Gasteiger partial charge in [0.25, 0.3) is 0 Å². The normalized spacial score (nSPS) is 10.5. The first kappa shape index (κ1) is 10.2. The molecule has 0 aliphatic rings. The lowest BCUT2D eigenvalue weighted by Gasteiger charge is -2.03. The van der Waals surface area contributed by atoms with E-state index < -0.39 is 11.7 Å². The van der Waals surface area contributed by atoms with Crippen molar-refractivity contribution in [2.75, 3.05) is 0 Å². The van der Waals surface area contributed by atoms with Gasteiger partial charge < -0.3 is 15.2 Å². The quantitative estimate of drug-likeness (QED) is 0.673. The molecule has 16 heavy (non-hydrogen) atoms. The molecule has 0 unspecified atom stereocenters. The highest BCUT2D eigenvalue weighted by Gasteiger charge is 2.08. The highest BCUT2D eigenvalue weighted by Crippen LogP contribution is 2.19. The molecule has 1 aromatic heterocycles. The number of hydrogen-bond acceptors (Lipinski definition) is 4. The molecule has 0 saturated heterocycles. The van der Waals surface area contributed by atoms with E-state index >= 15 is 0 Å². The number of hydrogen-bond donors (Lipinski definition) is 3. The molecule has 2 aromatic rings. The maximum atomic E-state index is 11.2. The van der Waals surface area contributed by atoms with Crippen molar-refractivity contribution in [3.63, 3.8) is 0 Å². The lowest BCUT2D eigenvalue weighted by Crippen LogP contribution is -2.15. The highest BCUT2D eigenvalue weighted by atomic mass is 16.4. The van der Waals surface area contributed by atoms with Crippen LogP contribution < -0.4 is 5.69 Å². The van der Waals surface area contributed by atoms with Gasteiger partial charge in [-0.05, 0) is 12.1 Å². The minimum Gasteiger partial charge on any atom is -0.508 e. The molecule has 6 heteroatoms. The van der Waals surface area contributed by atoms with E-state index in [1.54, 1.807) is 0 Å². The van der Waals surface area contributed by atoms with Crippen LogP contribution in [-0.4, -0.2) is 26.2 Å². The van der Waals surface area contributed by atoms with Crippen molar-refractivity contribution in [3.05, 3.63) is 34.4 Å². The number of nitrogens with one attached hydrogen (secondary N) is 1. The van der Waals surface area contributed by atoms with Crippen LogP contribution in [0.2, 0.25) is 0 Å². The Bertz CT molecular complexity index is 618. The number of rotatable bonds is 2. The Hall–Kier alpha value is -2.37. The number of benzene rings is 1. The van der Waals surface area contributed by atoms with Gasteiger partial charge in [-0.1, -0.05) is 0 Å².